The number of ether oxygens (including phenoxy) is 2. The second-order valence-electron chi connectivity index (χ2n) is 5.91. The van der Waals surface area contributed by atoms with Crippen molar-refractivity contribution in [2.24, 2.45) is 5.92 Å². The summed E-state index contributed by atoms with van der Waals surface area (Å²) in [5.74, 6) is 0.996. The van der Waals surface area contributed by atoms with E-state index in [0.29, 0.717) is 12.5 Å². The molecule has 114 valence electrons. The zero-order valence-electron chi connectivity index (χ0n) is 12.5. The van der Waals surface area contributed by atoms with Crippen molar-refractivity contribution in [2.75, 3.05) is 11.9 Å². The van der Waals surface area contributed by atoms with E-state index in [-0.39, 0.29) is 12.1 Å². The van der Waals surface area contributed by atoms with E-state index in [1.165, 1.54) is 12.8 Å². The number of benzene rings is 1. The molecule has 0 bridgehead atoms. The first-order valence-electron chi connectivity index (χ1n) is 7.98. The van der Waals surface area contributed by atoms with Crippen LogP contribution in [0.2, 0.25) is 0 Å². The van der Waals surface area contributed by atoms with Crippen LogP contribution >= 0.6 is 0 Å². The minimum absolute atomic E-state index is 0.0667. The number of hydrogen-bond acceptors (Lipinski definition) is 4. The maximum atomic E-state index is 12.4. The molecule has 1 N–H and O–H groups in total. The number of hydrogen-bond donors (Lipinski definition) is 1. The summed E-state index contributed by atoms with van der Waals surface area (Å²) in [6.45, 7) is 2.64. The first-order valence-corrected chi connectivity index (χ1v) is 7.98. The second kappa shape index (κ2) is 6.37. The molecule has 0 aromatic heterocycles. The number of rotatable bonds is 3. The van der Waals surface area contributed by atoms with Gasteiger partial charge in [-0.15, -0.1) is 0 Å². The molecule has 3 atom stereocenters. The Morgan fingerprint density at radius 1 is 1.33 bits per heavy atom. The standard InChI is InChI=1S/C17H23NO3/c1-2-12-7-3-5-9-14(12)21-17(19)16-11-18-13-8-4-6-10-15(13)20-16/h4,6,8,10,12,14,16,18H,2-3,5,7,9,11H2,1H3. The number of esters is 1. The van der Waals surface area contributed by atoms with Gasteiger partial charge in [0.05, 0.1) is 12.2 Å². The zero-order chi connectivity index (χ0) is 14.7. The van der Waals surface area contributed by atoms with Crippen LogP contribution in [0.25, 0.3) is 0 Å². The number of fused-ring (bicyclic) bond motifs is 1. The molecule has 1 saturated carbocycles. The largest absolute Gasteiger partial charge is 0.475 e. The summed E-state index contributed by atoms with van der Waals surface area (Å²) < 4.78 is 11.5. The molecule has 1 heterocycles. The smallest absolute Gasteiger partial charge is 0.349 e. The normalized spacial score (nSPS) is 28.0. The van der Waals surface area contributed by atoms with E-state index in [9.17, 15) is 4.79 Å². The fourth-order valence-corrected chi connectivity index (χ4v) is 3.27. The Labute approximate surface area is 125 Å². The van der Waals surface area contributed by atoms with E-state index in [1.54, 1.807) is 0 Å². The second-order valence-corrected chi connectivity index (χ2v) is 5.91. The van der Waals surface area contributed by atoms with Gasteiger partial charge in [0.2, 0.25) is 6.10 Å². The molecule has 1 aliphatic carbocycles. The van der Waals surface area contributed by atoms with Gasteiger partial charge in [0, 0.05) is 0 Å². The van der Waals surface area contributed by atoms with Gasteiger partial charge < -0.3 is 14.8 Å². The number of anilines is 1. The van der Waals surface area contributed by atoms with Gasteiger partial charge in [0.25, 0.3) is 0 Å². The van der Waals surface area contributed by atoms with Gasteiger partial charge in [-0.1, -0.05) is 25.5 Å². The highest BCUT2D eigenvalue weighted by atomic mass is 16.6. The lowest BCUT2D eigenvalue weighted by Gasteiger charge is -2.32. The van der Waals surface area contributed by atoms with Gasteiger partial charge in [-0.2, -0.15) is 0 Å². The zero-order valence-corrected chi connectivity index (χ0v) is 12.5. The van der Waals surface area contributed by atoms with Crippen molar-refractivity contribution >= 4 is 11.7 Å². The minimum Gasteiger partial charge on any atom is -0.475 e. The van der Waals surface area contributed by atoms with Crippen LogP contribution in [0, 0.1) is 5.92 Å². The third-order valence-corrected chi connectivity index (χ3v) is 4.53. The maximum Gasteiger partial charge on any atom is 0.349 e. The number of nitrogens with one attached hydrogen (secondary N) is 1. The van der Waals surface area contributed by atoms with Crippen molar-refractivity contribution in [3.63, 3.8) is 0 Å². The van der Waals surface area contributed by atoms with Crippen LogP contribution in [0.5, 0.6) is 5.75 Å². The molecule has 0 spiro atoms. The Balaban J connectivity index is 1.61. The third kappa shape index (κ3) is 3.14. The molecule has 3 rings (SSSR count). The average molecular weight is 289 g/mol. The molecule has 4 heteroatoms. The SMILES string of the molecule is CCC1CCCCC1OC(=O)C1CNc2ccccc2O1. The monoisotopic (exact) mass is 289 g/mol. The predicted molar refractivity (Wildman–Crippen MR) is 81.5 cm³/mol. The maximum absolute atomic E-state index is 12.4. The molecule has 0 radical (unpaired) electrons. The molecule has 2 aliphatic rings. The first kappa shape index (κ1) is 14.2. The van der Waals surface area contributed by atoms with Crippen LogP contribution < -0.4 is 10.1 Å². The van der Waals surface area contributed by atoms with Crippen LogP contribution in [-0.4, -0.2) is 24.7 Å². The summed E-state index contributed by atoms with van der Waals surface area (Å²) in [4.78, 5) is 12.4. The Morgan fingerprint density at radius 3 is 3.00 bits per heavy atom. The highest BCUT2D eigenvalue weighted by Gasteiger charge is 2.32. The fourth-order valence-electron chi connectivity index (χ4n) is 3.27. The van der Waals surface area contributed by atoms with Crippen LogP contribution in [0.4, 0.5) is 5.69 Å². The van der Waals surface area contributed by atoms with Gasteiger partial charge in [-0.25, -0.2) is 4.79 Å². The van der Waals surface area contributed by atoms with Gasteiger partial charge in [-0.3, -0.25) is 0 Å². The number of para-hydroxylation sites is 2. The molecule has 1 aromatic rings. The average Bonchev–Trinajstić information content (AvgIpc) is 2.55. The molecule has 3 unspecified atom stereocenters. The molecule has 21 heavy (non-hydrogen) atoms. The van der Waals surface area contributed by atoms with E-state index < -0.39 is 6.10 Å². The van der Waals surface area contributed by atoms with Crippen molar-refractivity contribution in [1.82, 2.24) is 0 Å². The Hall–Kier alpha value is -1.71. The van der Waals surface area contributed by atoms with E-state index in [0.717, 1.165) is 30.7 Å². The lowest BCUT2D eigenvalue weighted by molar-refractivity contribution is -0.161. The first-order chi connectivity index (χ1) is 10.3. The number of carbonyl (C=O) groups excluding carboxylic acids is 1. The van der Waals surface area contributed by atoms with Gasteiger partial charge in [-0.05, 0) is 43.7 Å². The fraction of sp³-hybridized carbons (Fsp3) is 0.588. The molecular weight excluding hydrogens is 266 g/mol. The van der Waals surface area contributed by atoms with Crippen molar-refractivity contribution < 1.29 is 14.3 Å². The summed E-state index contributed by atoms with van der Waals surface area (Å²) in [6.07, 6.45) is 5.16. The lowest BCUT2D eigenvalue weighted by atomic mass is 9.85. The summed E-state index contributed by atoms with van der Waals surface area (Å²) in [6, 6.07) is 7.67. The highest BCUT2D eigenvalue weighted by molar-refractivity contribution is 5.78. The molecular formula is C17H23NO3. The molecule has 1 aliphatic heterocycles. The minimum atomic E-state index is -0.542. The summed E-state index contributed by atoms with van der Waals surface area (Å²) in [7, 11) is 0. The van der Waals surface area contributed by atoms with E-state index in [4.69, 9.17) is 9.47 Å². The van der Waals surface area contributed by atoms with Crippen LogP contribution in [0.15, 0.2) is 24.3 Å². The van der Waals surface area contributed by atoms with Crippen molar-refractivity contribution in [2.45, 2.75) is 51.2 Å². The number of carbonyl (C=O) groups is 1. The van der Waals surface area contributed by atoms with Gasteiger partial charge >= 0.3 is 5.97 Å². The Morgan fingerprint density at radius 2 is 2.14 bits per heavy atom. The van der Waals surface area contributed by atoms with Gasteiger partial charge in [0.1, 0.15) is 11.9 Å². The summed E-state index contributed by atoms with van der Waals surface area (Å²) in [5, 5.41) is 3.23. The van der Waals surface area contributed by atoms with E-state index in [1.807, 2.05) is 24.3 Å². The molecule has 1 fully saturated rings. The van der Waals surface area contributed by atoms with Crippen LogP contribution in [0.3, 0.4) is 0 Å². The van der Waals surface area contributed by atoms with E-state index >= 15 is 0 Å². The third-order valence-electron chi connectivity index (χ3n) is 4.53. The Kier molecular flexibility index (Phi) is 4.32. The molecule has 4 nitrogen and oxygen atoms in total. The predicted octanol–water partition coefficient (Wildman–Crippen LogP) is 3.37. The lowest BCUT2D eigenvalue weighted by Crippen LogP contribution is -2.42. The highest BCUT2D eigenvalue weighted by Crippen LogP contribution is 2.31. The van der Waals surface area contributed by atoms with Gasteiger partial charge in [0.15, 0.2) is 0 Å². The molecule has 0 amide bonds. The quantitative estimate of drug-likeness (QED) is 0.867. The Bertz CT molecular complexity index is 503. The van der Waals surface area contributed by atoms with Crippen LogP contribution in [-0.2, 0) is 9.53 Å². The molecule has 0 saturated heterocycles. The topological polar surface area (TPSA) is 47.6 Å². The van der Waals surface area contributed by atoms with Crippen molar-refractivity contribution in [3.05, 3.63) is 24.3 Å². The van der Waals surface area contributed by atoms with E-state index in [2.05, 4.69) is 12.2 Å². The van der Waals surface area contributed by atoms with Crippen molar-refractivity contribution in [1.29, 1.82) is 0 Å². The summed E-state index contributed by atoms with van der Waals surface area (Å²) in [5.41, 5.74) is 0.936. The summed E-state index contributed by atoms with van der Waals surface area (Å²) >= 11 is 0. The molecule has 1 aromatic carbocycles. The van der Waals surface area contributed by atoms with Crippen LogP contribution in [0.1, 0.15) is 39.0 Å². The van der Waals surface area contributed by atoms with Crippen molar-refractivity contribution in [3.8, 4) is 5.75 Å².